The molecule has 7 nitrogen and oxygen atoms in total. The molecule has 2 aliphatic heterocycles. The molecule has 33 heavy (non-hydrogen) atoms. The number of hydrogen-bond donors (Lipinski definition) is 1. The van der Waals surface area contributed by atoms with Gasteiger partial charge in [0.05, 0.1) is 5.52 Å². The first-order valence-corrected chi connectivity index (χ1v) is 11.8. The number of likely N-dealkylation sites (tertiary alicyclic amines) is 2. The van der Waals surface area contributed by atoms with E-state index in [1.807, 2.05) is 0 Å². The molecule has 2 aliphatic rings. The SMILES string of the molecule is O=C(CCc1c(C(=O)OCCN2CCCC2)[nH]c2cc(F)cc(F)c12)OCCN1CCCC1. The molecule has 2 fully saturated rings. The van der Waals surface area contributed by atoms with Gasteiger partial charge in [0.2, 0.25) is 0 Å². The Balaban J connectivity index is 1.40. The van der Waals surface area contributed by atoms with Crippen molar-refractivity contribution >= 4 is 22.8 Å². The van der Waals surface area contributed by atoms with Gasteiger partial charge in [-0.3, -0.25) is 14.6 Å². The summed E-state index contributed by atoms with van der Waals surface area (Å²) >= 11 is 0. The fourth-order valence-electron chi connectivity index (χ4n) is 4.68. The first kappa shape index (κ1) is 23.6. The van der Waals surface area contributed by atoms with Crippen molar-refractivity contribution in [2.24, 2.45) is 0 Å². The van der Waals surface area contributed by atoms with Crippen LogP contribution in [-0.2, 0) is 20.7 Å². The summed E-state index contributed by atoms with van der Waals surface area (Å²) in [5.41, 5.74) is 0.530. The number of H-pyrrole nitrogens is 1. The van der Waals surface area contributed by atoms with Crippen LogP contribution in [0.15, 0.2) is 12.1 Å². The lowest BCUT2D eigenvalue weighted by molar-refractivity contribution is -0.143. The molecule has 1 aromatic carbocycles. The number of nitrogens with zero attached hydrogens (tertiary/aromatic N) is 2. The number of carbonyl (C=O) groups is 2. The Bertz CT molecular complexity index is 982. The number of aromatic amines is 1. The van der Waals surface area contributed by atoms with E-state index in [9.17, 15) is 18.4 Å². The van der Waals surface area contributed by atoms with Crippen LogP contribution in [0.25, 0.3) is 10.9 Å². The van der Waals surface area contributed by atoms with Gasteiger partial charge in [-0.25, -0.2) is 13.6 Å². The maximum Gasteiger partial charge on any atom is 0.355 e. The number of rotatable bonds is 10. The Morgan fingerprint density at radius 3 is 2.15 bits per heavy atom. The summed E-state index contributed by atoms with van der Waals surface area (Å²) < 4.78 is 39.1. The number of fused-ring (bicyclic) bond motifs is 1. The number of hydrogen-bond acceptors (Lipinski definition) is 6. The number of halogens is 2. The van der Waals surface area contributed by atoms with Gasteiger partial charge in [-0.1, -0.05) is 0 Å². The quantitative estimate of drug-likeness (QED) is 0.545. The van der Waals surface area contributed by atoms with Gasteiger partial charge in [0.25, 0.3) is 0 Å². The number of carbonyl (C=O) groups excluding carboxylic acids is 2. The number of ether oxygens (including phenoxy) is 2. The van der Waals surface area contributed by atoms with E-state index in [0.29, 0.717) is 25.3 Å². The molecule has 0 radical (unpaired) electrons. The van der Waals surface area contributed by atoms with Gasteiger partial charge in [0.15, 0.2) is 0 Å². The fraction of sp³-hybridized carbons (Fsp3) is 0.583. The van der Waals surface area contributed by atoms with E-state index in [1.54, 1.807) is 0 Å². The second kappa shape index (κ2) is 11.1. The van der Waals surface area contributed by atoms with Crippen molar-refractivity contribution in [2.75, 3.05) is 52.5 Å². The van der Waals surface area contributed by atoms with E-state index >= 15 is 0 Å². The van der Waals surface area contributed by atoms with Crippen LogP contribution in [0.2, 0.25) is 0 Å². The molecule has 0 spiro atoms. The molecule has 1 aromatic heterocycles. The maximum absolute atomic E-state index is 14.6. The zero-order chi connectivity index (χ0) is 23.2. The zero-order valence-electron chi connectivity index (χ0n) is 18.8. The van der Waals surface area contributed by atoms with E-state index in [-0.39, 0.29) is 36.0 Å². The summed E-state index contributed by atoms with van der Waals surface area (Å²) in [6.45, 7) is 5.85. The summed E-state index contributed by atoms with van der Waals surface area (Å²) in [7, 11) is 0. The molecule has 180 valence electrons. The van der Waals surface area contributed by atoms with Gasteiger partial charge >= 0.3 is 11.9 Å². The van der Waals surface area contributed by atoms with Crippen molar-refractivity contribution in [1.29, 1.82) is 0 Å². The van der Waals surface area contributed by atoms with Gasteiger partial charge in [0, 0.05) is 31.0 Å². The molecule has 0 bridgehead atoms. The van der Waals surface area contributed by atoms with Gasteiger partial charge < -0.3 is 14.5 Å². The summed E-state index contributed by atoms with van der Waals surface area (Å²) in [6.07, 6.45) is 4.67. The van der Waals surface area contributed by atoms with Gasteiger partial charge in [0.1, 0.15) is 30.5 Å². The molecule has 2 saturated heterocycles. The summed E-state index contributed by atoms with van der Waals surface area (Å²) in [4.78, 5) is 32.3. The highest BCUT2D eigenvalue weighted by Crippen LogP contribution is 2.28. The Morgan fingerprint density at radius 1 is 0.909 bits per heavy atom. The van der Waals surface area contributed by atoms with Crippen molar-refractivity contribution in [1.82, 2.24) is 14.8 Å². The Morgan fingerprint density at radius 2 is 1.52 bits per heavy atom. The fourth-order valence-corrected chi connectivity index (χ4v) is 4.68. The van der Waals surface area contributed by atoms with Gasteiger partial charge in [-0.15, -0.1) is 0 Å². The molecule has 0 amide bonds. The molecule has 0 aliphatic carbocycles. The van der Waals surface area contributed by atoms with Crippen LogP contribution < -0.4 is 0 Å². The van der Waals surface area contributed by atoms with Gasteiger partial charge in [-0.05, 0) is 69.9 Å². The minimum Gasteiger partial charge on any atom is -0.464 e. The smallest absolute Gasteiger partial charge is 0.355 e. The predicted molar refractivity (Wildman–Crippen MR) is 119 cm³/mol. The molecule has 9 heteroatoms. The molecule has 0 unspecified atom stereocenters. The largest absolute Gasteiger partial charge is 0.464 e. The molecule has 3 heterocycles. The molecule has 0 atom stereocenters. The van der Waals surface area contributed by atoms with Crippen molar-refractivity contribution in [3.63, 3.8) is 0 Å². The minimum absolute atomic E-state index is 0.0160. The third-order valence-corrected chi connectivity index (χ3v) is 6.41. The number of nitrogens with one attached hydrogen (secondary N) is 1. The molecule has 0 saturated carbocycles. The summed E-state index contributed by atoms with van der Waals surface area (Å²) in [5, 5.41) is 0.104. The zero-order valence-corrected chi connectivity index (χ0v) is 18.8. The molecule has 2 aromatic rings. The Hall–Kier alpha value is -2.52. The number of benzene rings is 1. The van der Waals surface area contributed by atoms with E-state index < -0.39 is 23.6 Å². The molecular weight excluding hydrogens is 432 g/mol. The predicted octanol–water partition coefficient (Wildman–Crippen LogP) is 3.27. The highest BCUT2D eigenvalue weighted by atomic mass is 19.1. The second-order valence-corrected chi connectivity index (χ2v) is 8.74. The standard InChI is InChI=1S/C24H31F2N3O4/c25-17-15-19(26)22-18(5-6-21(30)32-13-11-28-7-1-2-8-28)23(27-20(22)16-17)24(31)33-14-12-29-9-3-4-10-29/h15-16,27H,1-14H2. The van der Waals surface area contributed by atoms with Crippen LogP contribution in [0, 0.1) is 11.6 Å². The van der Waals surface area contributed by atoms with Crippen molar-refractivity contribution < 1.29 is 27.8 Å². The molecule has 1 N–H and O–H groups in total. The second-order valence-electron chi connectivity index (χ2n) is 8.74. The van der Waals surface area contributed by atoms with Crippen molar-refractivity contribution in [3.05, 3.63) is 35.0 Å². The third kappa shape index (κ3) is 6.09. The highest BCUT2D eigenvalue weighted by molar-refractivity contribution is 5.98. The van der Waals surface area contributed by atoms with Crippen LogP contribution >= 0.6 is 0 Å². The van der Waals surface area contributed by atoms with E-state index in [4.69, 9.17) is 9.47 Å². The van der Waals surface area contributed by atoms with E-state index in [2.05, 4.69) is 14.8 Å². The van der Waals surface area contributed by atoms with E-state index in [1.165, 1.54) is 0 Å². The first-order valence-electron chi connectivity index (χ1n) is 11.8. The lowest BCUT2D eigenvalue weighted by Crippen LogP contribution is -2.25. The maximum atomic E-state index is 14.6. The van der Waals surface area contributed by atoms with Crippen LogP contribution in [0.4, 0.5) is 8.78 Å². The lowest BCUT2D eigenvalue weighted by atomic mass is 10.0. The topological polar surface area (TPSA) is 74.9 Å². The average Bonchev–Trinajstić information content (AvgIpc) is 3.53. The Kier molecular flexibility index (Phi) is 7.93. The molecule has 4 rings (SSSR count). The van der Waals surface area contributed by atoms with Crippen LogP contribution in [0.5, 0.6) is 0 Å². The van der Waals surface area contributed by atoms with Crippen molar-refractivity contribution in [2.45, 2.75) is 38.5 Å². The third-order valence-electron chi connectivity index (χ3n) is 6.41. The van der Waals surface area contributed by atoms with Crippen molar-refractivity contribution in [3.8, 4) is 0 Å². The number of esters is 2. The highest BCUT2D eigenvalue weighted by Gasteiger charge is 2.23. The monoisotopic (exact) mass is 463 g/mol. The lowest BCUT2D eigenvalue weighted by Gasteiger charge is -2.14. The number of aryl methyl sites for hydroxylation is 1. The van der Waals surface area contributed by atoms with E-state index in [0.717, 1.165) is 64.0 Å². The van der Waals surface area contributed by atoms with Crippen LogP contribution in [0.3, 0.4) is 0 Å². The number of aromatic nitrogens is 1. The average molecular weight is 464 g/mol. The first-order chi connectivity index (χ1) is 16.0. The Labute approximate surface area is 192 Å². The molecular formula is C24H31F2N3O4. The van der Waals surface area contributed by atoms with Gasteiger partial charge in [-0.2, -0.15) is 0 Å². The minimum atomic E-state index is -0.783. The van der Waals surface area contributed by atoms with Crippen LogP contribution in [-0.4, -0.2) is 79.2 Å². The summed E-state index contributed by atoms with van der Waals surface area (Å²) in [6, 6.07) is 1.91. The summed E-state index contributed by atoms with van der Waals surface area (Å²) in [5.74, 6) is -2.58. The normalized spacial score (nSPS) is 17.2. The van der Waals surface area contributed by atoms with Crippen LogP contribution in [0.1, 0.15) is 48.2 Å².